The Morgan fingerprint density at radius 3 is 2.70 bits per heavy atom. The molecule has 1 N–H and O–H groups in total. The minimum absolute atomic E-state index is 0.569. The molecular weight excluding hydrogens is 286 g/mol. The van der Waals surface area contributed by atoms with Crippen LogP contribution in [0.15, 0.2) is 36.7 Å². The van der Waals surface area contributed by atoms with Crippen molar-refractivity contribution in [3.63, 3.8) is 0 Å². The molecule has 0 amide bonds. The van der Waals surface area contributed by atoms with Crippen LogP contribution in [-0.4, -0.2) is 22.7 Å². The quantitative estimate of drug-likeness (QED) is 0.678. The first-order valence-corrected chi connectivity index (χ1v) is 8.59. The Bertz CT molecular complexity index is 562. The van der Waals surface area contributed by atoms with Crippen molar-refractivity contribution in [2.24, 2.45) is 5.92 Å². The zero-order chi connectivity index (χ0) is 16.5. The largest absolute Gasteiger partial charge is 0.494 e. The van der Waals surface area contributed by atoms with Crippen LogP contribution in [0.25, 0.3) is 0 Å². The van der Waals surface area contributed by atoms with Crippen LogP contribution < -0.4 is 10.1 Å². The average molecular weight is 315 g/mol. The van der Waals surface area contributed by atoms with Crippen molar-refractivity contribution in [3.8, 4) is 5.75 Å². The molecule has 2 aromatic rings. The topological polar surface area (TPSA) is 39.1 Å². The van der Waals surface area contributed by atoms with E-state index in [4.69, 9.17) is 4.74 Å². The molecule has 1 aromatic carbocycles. The van der Waals surface area contributed by atoms with Gasteiger partial charge in [-0.15, -0.1) is 0 Å². The Morgan fingerprint density at radius 2 is 2.04 bits per heavy atom. The molecule has 0 saturated heterocycles. The summed E-state index contributed by atoms with van der Waals surface area (Å²) in [5.74, 6) is 2.61. The maximum atomic E-state index is 5.68. The molecule has 0 fully saturated rings. The van der Waals surface area contributed by atoms with Crippen LogP contribution in [0.5, 0.6) is 5.75 Å². The maximum Gasteiger partial charge on any atom is 0.119 e. The highest BCUT2D eigenvalue weighted by molar-refractivity contribution is 5.27. The van der Waals surface area contributed by atoms with Gasteiger partial charge in [0.25, 0.3) is 0 Å². The predicted octanol–water partition coefficient (Wildman–Crippen LogP) is 3.80. The summed E-state index contributed by atoms with van der Waals surface area (Å²) < 4.78 is 7.89. The second-order valence-corrected chi connectivity index (χ2v) is 6.21. The number of imidazole rings is 1. The Hall–Kier alpha value is -1.81. The van der Waals surface area contributed by atoms with Crippen LogP contribution in [0, 0.1) is 12.8 Å². The monoisotopic (exact) mass is 315 g/mol. The molecule has 2 rings (SSSR count). The highest BCUT2D eigenvalue weighted by Gasteiger charge is 2.05. The van der Waals surface area contributed by atoms with Gasteiger partial charge in [0.15, 0.2) is 0 Å². The first-order valence-electron chi connectivity index (χ1n) is 8.59. The van der Waals surface area contributed by atoms with Gasteiger partial charge in [-0.25, -0.2) is 4.98 Å². The number of nitrogens with zero attached hydrogens (tertiary/aromatic N) is 2. The van der Waals surface area contributed by atoms with Crippen LogP contribution in [0.2, 0.25) is 0 Å². The normalized spacial score (nSPS) is 12.3. The SMILES string of the molecule is CCCCOc1ccc(CNCC(C)Cn2ccnc2C)cc1. The number of nitrogens with one attached hydrogen (secondary N) is 1. The lowest BCUT2D eigenvalue weighted by Gasteiger charge is -2.14. The van der Waals surface area contributed by atoms with Gasteiger partial charge in [-0.1, -0.05) is 32.4 Å². The van der Waals surface area contributed by atoms with E-state index in [0.717, 1.165) is 44.2 Å². The zero-order valence-electron chi connectivity index (χ0n) is 14.6. The fourth-order valence-corrected chi connectivity index (χ4v) is 2.50. The van der Waals surface area contributed by atoms with Crippen molar-refractivity contribution >= 4 is 0 Å². The molecule has 1 unspecified atom stereocenters. The van der Waals surface area contributed by atoms with E-state index in [2.05, 4.69) is 53.0 Å². The van der Waals surface area contributed by atoms with E-state index in [9.17, 15) is 0 Å². The number of hydrogen-bond donors (Lipinski definition) is 1. The fraction of sp³-hybridized carbons (Fsp3) is 0.526. The lowest BCUT2D eigenvalue weighted by atomic mass is 10.1. The fourth-order valence-electron chi connectivity index (χ4n) is 2.50. The first-order chi connectivity index (χ1) is 11.2. The van der Waals surface area contributed by atoms with Crippen LogP contribution in [0.1, 0.15) is 38.1 Å². The lowest BCUT2D eigenvalue weighted by molar-refractivity contribution is 0.309. The molecule has 0 bridgehead atoms. The van der Waals surface area contributed by atoms with E-state index in [-0.39, 0.29) is 0 Å². The molecule has 23 heavy (non-hydrogen) atoms. The molecular formula is C19H29N3O. The van der Waals surface area contributed by atoms with Gasteiger partial charge >= 0.3 is 0 Å². The van der Waals surface area contributed by atoms with E-state index in [0.29, 0.717) is 5.92 Å². The lowest BCUT2D eigenvalue weighted by Crippen LogP contribution is -2.24. The van der Waals surface area contributed by atoms with Crippen molar-refractivity contribution < 1.29 is 4.74 Å². The summed E-state index contributed by atoms with van der Waals surface area (Å²) in [6.45, 7) is 10.2. The van der Waals surface area contributed by atoms with E-state index < -0.39 is 0 Å². The molecule has 4 heteroatoms. The van der Waals surface area contributed by atoms with Crippen molar-refractivity contribution in [1.29, 1.82) is 0 Å². The number of aromatic nitrogens is 2. The molecule has 0 aliphatic heterocycles. The number of rotatable bonds is 10. The Kier molecular flexibility index (Phi) is 7.14. The summed E-state index contributed by atoms with van der Waals surface area (Å²) >= 11 is 0. The van der Waals surface area contributed by atoms with Gasteiger partial charge < -0.3 is 14.6 Å². The third-order valence-electron chi connectivity index (χ3n) is 3.94. The molecule has 0 radical (unpaired) electrons. The molecule has 0 aliphatic rings. The van der Waals surface area contributed by atoms with Crippen molar-refractivity contribution in [1.82, 2.24) is 14.9 Å². The van der Waals surface area contributed by atoms with Crippen molar-refractivity contribution in [3.05, 3.63) is 48.0 Å². The van der Waals surface area contributed by atoms with E-state index >= 15 is 0 Å². The molecule has 1 heterocycles. The zero-order valence-corrected chi connectivity index (χ0v) is 14.6. The molecule has 0 spiro atoms. The highest BCUT2D eigenvalue weighted by atomic mass is 16.5. The summed E-state index contributed by atoms with van der Waals surface area (Å²) in [7, 11) is 0. The minimum atomic E-state index is 0.569. The Balaban J connectivity index is 1.68. The number of aryl methyl sites for hydroxylation is 1. The smallest absolute Gasteiger partial charge is 0.119 e. The maximum absolute atomic E-state index is 5.68. The van der Waals surface area contributed by atoms with Crippen molar-refractivity contribution in [2.45, 2.75) is 46.7 Å². The van der Waals surface area contributed by atoms with E-state index in [1.165, 1.54) is 12.0 Å². The number of hydrogen-bond acceptors (Lipinski definition) is 3. The van der Waals surface area contributed by atoms with Crippen LogP contribution >= 0.6 is 0 Å². The summed E-state index contributed by atoms with van der Waals surface area (Å²) in [6.07, 6.45) is 6.18. The summed E-state index contributed by atoms with van der Waals surface area (Å²) in [4.78, 5) is 4.26. The average Bonchev–Trinajstić information content (AvgIpc) is 2.94. The molecule has 4 nitrogen and oxygen atoms in total. The van der Waals surface area contributed by atoms with Crippen LogP contribution in [0.3, 0.4) is 0 Å². The number of unbranched alkanes of at least 4 members (excludes halogenated alkanes) is 1. The van der Waals surface area contributed by atoms with Crippen molar-refractivity contribution in [2.75, 3.05) is 13.2 Å². The standard InChI is InChI=1S/C19H29N3O/c1-4-5-12-23-19-8-6-18(7-9-19)14-20-13-16(2)15-22-11-10-21-17(22)3/h6-11,16,20H,4-5,12-15H2,1-3H3. The molecule has 0 saturated carbocycles. The third kappa shape index (κ3) is 6.06. The van der Waals surface area contributed by atoms with Crippen LogP contribution in [-0.2, 0) is 13.1 Å². The predicted molar refractivity (Wildman–Crippen MR) is 94.7 cm³/mol. The number of benzene rings is 1. The third-order valence-corrected chi connectivity index (χ3v) is 3.94. The van der Waals surface area contributed by atoms with E-state index in [1.54, 1.807) is 0 Å². The minimum Gasteiger partial charge on any atom is -0.494 e. The first kappa shape index (κ1) is 17.5. The second-order valence-electron chi connectivity index (χ2n) is 6.21. The van der Waals surface area contributed by atoms with Gasteiger partial charge in [-0.05, 0) is 43.5 Å². The number of ether oxygens (including phenoxy) is 1. The summed E-state index contributed by atoms with van der Waals surface area (Å²) in [5, 5.41) is 3.53. The van der Waals surface area contributed by atoms with Gasteiger partial charge in [-0.2, -0.15) is 0 Å². The van der Waals surface area contributed by atoms with Gasteiger partial charge in [-0.3, -0.25) is 0 Å². The summed E-state index contributed by atoms with van der Waals surface area (Å²) in [5.41, 5.74) is 1.29. The Labute approximate surface area is 139 Å². The van der Waals surface area contributed by atoms with Gasteiger partial charge in [0, 0.05) is 25.5 Å². The molecule has 1 atom stereocenters. The Morgan fingerprint density at radius 1 is 1.26 bits per heavy atom. The highest BCUT2D eigenvalue weighted by Crippen LogP contribution is 2.13. The molecule has 1 aromatic heterocycles. The second kappa shape index (κ2) is 9.36. The van der Waals surface area contributed by atoms with E-state index in [1.807, 2.05) is 19.3 Å². The van der Waals surface area contributed by atoms with Gasteiger partial charge in [0.05, 0.1) is 6.61 Å². The molecule has 0 aliphatic carbocycles. The van der Waals surface area contributed by atoms with Crippen LogP contribution in [0.4, 0.5) is 0 Å². The van der Waals surface area contributed by atoms with Gasteiger partial charge in [0.2, 0.25) is 0 Å². The summed E-state index contributed by atoms with van der Waals surface area (Å²) in [6, 6.07) is 8.40. The molecule has 126 valence electrons. The van der Waals surface area contributed by atoms with Gasteiger partial charge in [0.1, 0.15) is 11.6 Å².